The number of carbonyl (C=O) groups excluding carboxylic acids is 1. The topological polar surface area (TPSA) is 64.4 Å². The summed E-state index contributed by atoms with van der Waals surface area (Å²) in [5, 5.41) is 3.14. The number of hydrogen-bond donors (Lipinski definition) is 2. The molecule has 4 nitrogen and oxygen atoms in total. The Kier molecular flexibility index (Phi) is 4.05. The molecule has 0 aromatic rings. The van der Waals surface area contributed by atoms with Crippen LogP contribution in [0.25, 0.3) is 0 Å². The molecule has 3 N–H and O–H groups in total. The molecular formula is C13H24N2O2. The molecular weight excluding hydrogens is 216 g/mol. The van der Waals surface area contributed by atoms with Gasteiger partial charge >= 0.3 is 0 Å². The zero-order valence-corrected chi connectivity index (χ0v) is 10.7. The van der Waals surface area contributed by atoms with Crippen molar-refractivity contribution in [3.8, 4) is 0 Å². The number of ether oxygens (including phenoxy) is 1. The Hall–Kier alpha value is -0.610. The Balaban J connectivity index is 1.93. The van der Waals surface area contributed by atoms with Crippen LogP contribution in [-0.4, -0.2) is 30.7 Å². The first-order valence-corrected chi connectivity index (χ1v) is 6.76. The first-order chi connectivity index (χ1) is 8.11. The second-order valence-corrected chi connectivity index (χ2v) is 5.76. The van der Waals surface area contributed by atoms with Gasteiger partial charge in [0.25, 0.3) is 0 Å². The highest BCUT2D eigenvalue weighted by Gasteiger charge is 2.35. The summed E-state index contributed by atoms with van der Waals surface area (Å²) in [5.74, 6) is 0.127. The number of amides is 1. The highest BCUT2D eigenvalue weighted by atomic mass is 16.5. The minimum atomic E-state index is -0.177. The molecule has 0 radical (unpaired) electrons. The predicted octanol–water partition coefficient (Wildman–Crippen LogP) is 1.19. The van der Waals surface area contributed by atoms with Crippen molar-refractivity contribution in [2.24, 2.45) is 11.7 Å². The van der Waals surface area contributed by atoms with Crippen molar-refractivity contribution in [3.63, 3.8) is 0 Å². The maximum absolute atomic E-state index is 12.3. The lowest BCUT2D eigenvalue weighted by Crippen LogP contribution is -2.51. The van der Waals surface area contributed by atoms with Gasteiger partial charge in [0.15, 0.2) is 0 Å². The van der Waals surface area contributed by atoms with E-state index in [1.807, 2.05) is 0 Å². The quantitative estimate of drug-likeness (QED) is 0.713. The Morgan fingerprint density at radius 2 is 2.12 bits per heavy atom. The third kappa shape index (κ3) is 3.19. The van der Waals surface area contributed by atoms with Crippen molar-refractivity contribution in [1.29, 1.82) is 0 Å². The number of nitrogens with one attached hydrogen (secondary N) is 1. The van der Waals surface area contributed by atoms with Crippen molar-refractivity contribution in [3.05, 3.63) is 0 Å². The fraction of sp³-hybridized carbons (Fsp3) is 0.923. The first-order valence-electron chi connectivity index (χ1n) is 6.76. The van der Waals surface area contributed by atoms with Crippen molar-refractivity contribution in [2.45, 2.75) is 57.0 Å². The summed E-state index contributed by atoms with van der Waals surface area (Å²) in [6.07, 6.45) is 6.30. The highest BCUT2D eigenvalue weighted by Crippen LogP contribution is 2.24. The van der Waals surface area contributed by atoms with Gasteiger partial charge in [0, 0.05) is 12.6 Å². The Labute approximate surface area is 103 Å². The molecule has 2 aliphatic rings. The van der Waals surface area contributed by atoms with E-state index in [9.17, 15) is 4.79 Å². The molecule has 3 atom stereocenters. The fourth-order valence-electron chi connectivity index (χ4n) is 2.82. The van der Waals surface area contributed by atoms with E-state index in [2.05, 4.69) is 12.2 Å². The van der Waals surface area contributed by atoms with E-state index in [-0.39, 0.29) is 23.4 Å². The van der Waals surface area contributed by atoms with E-state index in [4.69, 9.17) is 10.5 Å². The fourth-order valence-corrected chi connectivity index (χ4v) is 2.82. The van der Waals surface area contributed by atoms with E-state index in [1.54, 1.807) is 0 Å². The van der Waals surface area contributed by atoms with E-state index >= 15 is 0 Å². The highest BCUT2D eigenvalue weighted by molar-refractivity contribution is 5.80. The van der Waals surface area contributed by atoms with Gasteiger partial charge < -0.3 is 15.8 Å². The molecule has 1 heterocycles. The Morgan fingerprint density at radius 1 is 1.35 bits per heavy atom. The van der Waals surface area contributed by atoms with Crippen molar-refractivity contribution < 1.29 is 9.53 Å². The molecule has 1 aliphatic heterocycles. The number of hydrogen-bond acceptors (Lipinski definition) is 3. The molecule has 2 rings (SSSR count). The molecule has 0 spiro atoms. The van der Waals surface area contributed by atoms with Gasteiger partial charge in [0.1, 0.15) is 0 Å². The molecule has 3 unspecified atom stereocenters. The summed E-state index contributed by atoms with van der Waals surface area (Å²) in [4.78, 5) is 12.3. The van der Waals surface area contributed by atoms with Gasteiger partial charge in [-0.2, -0.15) is 0 Å². The van der Waals surface area contributed by atoms with Gasteiger partial charge in [-0.15, -0.1) is 0 Å². The van der Waals surface area contributed by atoms with Crippen LogP contribution in [0.3, 0.4) is 0 Å². The molecule has 0 aromatic heterocycles. The van der Waals surface area contributed by atoms with Gasteiger partial charge in [-0.25, -0.2) is 0 Å². The lowest BCUT2D eigenvalue weighted by molar-refractivity contribution is -0.127. The molecule has 4 heteroatoms. The van der Waals surface area contributed by atoms with Crippen LogP contribution in [0.1, 0.15) is 45.4 Å². The average molecular weight is 240 g/mol. The maximum Gasteiger partial charge on any atom is 0.225 e. The van der Waals surface area contributed by atoms with Crippen LogP contribution in [0.15, 0.2) is 0 Å². The van der Waals surface area contributed by atoms with E-state index in [1.165, 1.54) is 6.42 Å². The van der Waals surface area contributed by atoms with Gasteiger partial charge in [0.2, 0.25) is 5.91 Å². The van der Waals surface area contributed by atoms with E-state index in [0.717, 1.165) is 38.7 Å². The Morgan fingerprint density at radius 3 is 2.82 bits per heavy atom. The molecule has 1 aliphatic carbocycles. The summed E-state index contributed by atoms with van der Waals surface area (Å²) in [7, 11) is 0. The third-order valence-corrected chi connectivity index (χ3v) is 4.05. The zero-order valence-electron chi connectivity index (χ0n) is 10.7. The molecule has 1 amide bonds. The minimum Gasteiger partial charge on any atom is -0.379 e. The van der Waals surface area contributed by atoms with Crippen LogP contribution >= 0.6 is 0 Å². The largest absolute Gasteiger partial charge is 0.379 e. The smallest absolute Gasteiger partial charge is 0.225 e. The van der Waals surface area contributed by atoms with Gasteiger partial charge in [-0.05, 0) is 26.2 Å². The minimum absolute atomic E-state index is 0.00470. The van der Waals surface area contributed by atoms with Crippen LogP contribution < -0.4 is 11.1 Å². The summed E-state index contributed by atoms with van der Waals surface area (Å²) in [5.41, 5.74) is 5.93. The SMILES string of the molecule is CC1(NC(=O)C2CCCCCC2N)CCOC1. The normalized spacial score (nSPS) is 38.7. The van der Waals surface area contributed by atoms with Gasteiger partial charge in [0.05, 0.1) is 18.1 Å². The molecule has 17 heavy (non-hydrogen) atoms. The summed E-state index contributed by atoms with van der Waals surface area (Å²) < 4.78 is 5.35. The van der Waals surface area contributed by atoms with Crippen LogP contribution in [0, 0.1) is 5.92 Å². The van der Waals surface area contributed by atoms with Crippen molar-refractivity contribution >= 4 is 5.91 Å². The van der Waals surface area contributed by atoms with Crippen molar-refractivity contribution in [1.82, 2.24) is 5.32 Å². The molecule has 0 aromatic carbocycles. The van der Waals surface area contributed by atoms with E-state index < -0.39 is 0 Å². The average Bonchev–Trinajstić information content (AvgIpc) is 2.57. The predicted molar refractivity (Wildman–Crippen MR) is 66.5 cm³/mol. The molecule has 1 saturated heterocycles. The van der Waals surface area contributed by atoms with Crippen LogP contribution in [0.5, 0.6) is 0 Å². The lowest BCUT2D eigenvalue weighted by Gasteiger charge is -2.28. The molecule has 2 fully saturated rings. The number of rotatable bonds is 2. The monoisotopic (exact) mass is 240 g/mol. The zero-order chi connectivity index (χ0) is 12.3. The molecule has 98 valence electrons. The third-order valence-electron chi connectivity index (χ3n) is 4.05. The number of carbonyl (C=O) groups is 1. The van der Waals surface area contributed by atoms with Gasteiger partial charge in [-0.3, -0.25) is 4.79 Å². The van der Waals surface area contributed by atoms with Crippen LogP contribution in [-0.2, 0) is 9.53 Å². The summed E-state index contributed by atoms with van der Waals surface area (Å²) in [6, 6.07) is 0.0309. The molecule has 0 bridgehead atoms. The van der Waals surface area contributed by atoms with Crippen LogP contribution in [0.4, 0.5) is 0 Å². The lowest BCUT2D eigenvalue weighted by atomic mass is 9.92. The maximum atomic E-state index is 12.3. The number of nitrogens with two attached hydrogens (primary N) is 1. The summed E-state index contributed by atoms with van der Waals surface area (Å²) >= 11 is 0. The Bertz CT molecular complexity index is 275. The van der Waals surface area contributed by atoms with E-state index in [0.29, 0.717) is 6.61 Å². The van der Waals surface area contributed by atoms with Crippen LogP contribution in [0.2, 0.25) is 0 Å². The molecule has 1 saturated carbocycles. The second kappa shape index (κ2) is 5.36. The standard InChI is InChI=1S/C13H24N2O2/c1-13(7-8-17-9-13)15-12(16)10-5-3-2-4-6-11(10)14/h10-11H,2-9,14H2,1H3,(H,15,16). The first kappa shape index (κ1) is 12.8. The van der Waals surface area contributed by atoms with Gasteiger partial charge in [-0.1, -0.05) is 19.3 Å². The summed E-state index contributed by atoms with van der Waals surface area (Å²) in [6.45, 7) is 3.42. The van der Waals surface area contributed by atoms with Crippen molar-refractivity contribution in [2.75, 3.05) is 13.2 Å². The second-order valence-electron chi connectivity index (χ2n) is 5.76.